The molecule has 3 rings (SSSR count). The van der Waals surface area contributed by atoms with Crippen LogP contribution in [-0.2, 0) is 0 Å². The number of benzene rings is 2. The Morgan fingerprint density at radius 2 is 1.54 bits per heavy atom. The van der Waals surface area contributed by atoms with Crippen LogP contribution in [-0.4, -0.2) is 20.7 Å². The van der Waals surface area contributed by atoms with E-state index in [0.717, 1.165) is 16.8 Å². The van der Waals surface area contributed by atoms with Crippen LogP contribution in [0.25, 0.3) is 11.4 Å². The molecule has 9 heteroatoms. The fraction of sp³-hybridized carbons (Fsp3) is 0.0667. The van der Waals surface area contributed by atoms with E-state index in [2.05, 4.69) is 9.84 Å². The second-order valence-electron chi connectivity index (χ2n) is 4.83. The number of anilines is 1. The lowest BCUT2D eigenvalue weighted by Crippen LogP contribution is -2.22. The van der Waals surface area contributed by atoms with E-state index in [1.807, 2.05) is 0 Å². The molecule has 0 bridgehead atoms. The maximum Gasteiger partial charge on any atom is 0.573 e. The number of aromatic nitrogens is 3. The van der Waals surface area contributed by atoms with E-state index in [-0.39, 0.29) is 5.75 Å². The second kappa shape index (κ2) is 5.76. The van der Waals surface area contributed by atoms with Gasteiger partial charge < -0.3 is 10.5 Å². The highest BCUT2D eigenvalue weighted by Crippen LogP contribution is 2.23. The van der Waals surface area contributed by atoms with Gasteiger partial charge in [0.25, 0.3) is 0 Å². The van der Waals surface area contributed by atoms with Crippen molar-refractivity contribution in [2.75, 3.05) is 5.73 Å². The fourth-order valence-electron chi connectivity index (χ4n) is 2.08. The average Bonchev–Trinajstić information content (AvgIpc) is 2.89. The molecular weight excluding hydrogens is 325 g/mol. The second-order valence-corrected chi connectivity index (χ2v) is 4.83. The maximum absolute atomic E-state index is 12.4. The van der Waals surface area contributed by atoms with Crippen LogP contribution in [0.15, 0.2) is 59.7 Å². The Labute approximate surface area is 133 Å². The smallest absolute Gasteiger partial charge is 0.406 e. The van der Waals surface area contributed by atoms with Crippen molar-refractivity contribution in [1.82, 2.24) is 14.3 Å². The first-order valence-electron chi connectivity index (χ1n) is 6.72. The van der Waals surface area contributed by atoms with Crippen LogP contribution in [0.2, 0.25) is 0 Å². The molecule has 0 unspecified atom stereocenters. The molecule has 0 amide bonds. The molecule has 124 valence electrons. The van der Waals surface area contributed by atoms with Crippen LogP contribution in [0.1, 0.15) is 0 Å². The van der Waals surface area contributed by atoms with Crippen molar-refractivity contribution in [2.24, 2.45) is 0 Å². The Morgan fingerprint density at radius 1 is 0.958 bits per heavy atom. The Bertz CT molecular complexity index is 896. The maximum atomic E-state index is 12.4. The van der Waals surface area contributed by atoms with Gasteiger partial charge in [0, 0.05) is 5.69 Å². The first kappa shape index (κ1) is 15.7. The molecule has 3 aromatic rings. The van der Waals surface area contributed by atoms with E-state index >= 15 is 0 Å². The molecule has 0 aliphatic rings. The summed E-state index contributed by atoms with van der Waals surface area (Å²) in [5.41, 5.74) is 6.56. The summed E-state index contributed by atoms with van der Waals surface area (Å²) in [6, 6.07) is 11.4. The van der Waals surface area contributed by atoms with Gasteiger partial charge >= 0.3 is 12.1 Å². The van der Waals surface area contributed by atoms with Crippen molar-refractivity contribution in [3.05, 3.63) is 65.3 Å². The Kier molecular flexibility index (Phi) is 3.76. The highest BCUT2D eigenvalue weighted by atomic mass is 19.4. The summed E-state index contributed by atoms with van der Waals surface area (Å²) in [6.07, 6.45) is -3.46. The van der Waals surface area contributed by atoms with Gasteiger partial charge in [0.15, 0.2) is 0 Å². The van der Waals surface area contributed by atoms with E-state index in [0.29, 0.717) is 17.1 Å². The van der Waals surface area contributed by atoms with Gasteiger partial charge in [-0.25, -0.2) is 9.36 Å². The third-order valence-corrected chi connectivity index (χ3v) is 3.16. The SMILES string of the molecule is Nc1ccc(-n2cnn(-c3ccc(OC(F)(F)F)cc3)c2=O)cc1. The van der Waals surface area contributed by atoms with E-state index in [1.165, 1.54) is 23.0 Å². The van der Waals surface area contributed by atoms with Crippen molar-refractivity contribution in [1.29, 1.82) is 0 Å². The number of rotatable bonds is 3. The zero-order valence-corrected chi connectivity index (χ0v) is 12.1. The first-order valence-corrected chi connectivity index (χ1v) is 6.72. The molecule has 1 aromatic heterocycles. The molecule has 2 N–H and O–H groups in total. The molecule has 1 heterocycles. The number of nitrogen functional groups attached to an aromatic ring is 1. The Balaban J connectivity index is 1.91. The van der Waals surface area contributed by atoms with Crippen molar-refractivity contribution in [3.8, 4) is 17.1 Å². The molecule has 0 spiro atoms. The predicted octanol–water partition coefficient (Wildman–Crippen LogP) is 2.50. The minimum absolute atomic E-state index is 0.309. The van der Waals surface area contributed by atoms with Gasteiger partial charge in [-0.15, -0.1) is 13.2 Å². The molecule has 0 fully saturated rings. The molecule has 0 atom stereocenters. The third kappa shape index (κ3) is 3.24. The van der Waals surface area contributed by atoms with Crippen LogP contribution >= 0.6 is 0 Å². The van der Waals surface area contributed by atoms with E-state index in [9.17, 15) is 18.0 Å². The van der Waals surface area contributed by atoms with Crippen LogP contribution in [0.4, 0.5) is 18.9 Å². The van der Waals surface area contributed by atoms with Crippen LogP contribution in [0, 0.1) is 0 Å². The molecular formula is C15H11F3N4O2. The normalized spacial score (nSPS) is 11.5. The minimum Gasteiger partial charge on any atom is -0.406 e. The highest BCUT2D eigenvalue weighted by molar-refractivity contribution is 5.45. The summed E-state index contributed by atoms with van der Waals surface area (Å²) < 4.78 is 42.6. The Morgan fingerprint density at radius 3 is 2.12 bits per heavy atom. The van der Waals surface area contributed by atoms with Crippen LogP contribution in [0.5, 0.6) is 5.75 Å². The van der Waals surface area contributed by atoms with Gasteiger partial charge in [0.1, 0.15) is 12.1 Å². The molecule has 24 heavy (non-hydrogen) atoms. The lowest BCUT2D eigenvalue weighted by molar-refractivity contribution is -0.274. The zero-order valence-electron chi connectivity index (χ0n) is 12.1. The zero-order chi connectivity index (χ0) is 17.3. The highest BCUT2D eigenvalue weighted by Gasteiger charge is 2.31. The summed E-state index contributed by atoms with van der Waals surface area (Å²) in [7, 11) is 0. The molecule has 2 aromatic carbocycles. The van der Waals surface area contributed by atoms with Gasteiger partial charge in [-0.3, -0.25) is 0 Å². The summed E-state index contributed by atoms with van der Waals surface area (Å²) in [5, 5.41) is 3.96. The van der Waals surface area contributed by atoms with Gasteiger partial charge in [-0.2, -0.15) is 9.78 Å². The largest absolute Gasteiger partial charge is 0.573 e. The van der Waals surface area contributed by atoms with Gasteiger partial charge in [0.2, 0.25) is 0 Å². The molecule has 0 saturated heterocycles. The van der Waals surface area contributed by atoms with Crippen LogP contribution < -0.4 is 16.2 Å². The topological polar surface area (TPSA) is 75.1 Å². The van der Waals surface area contributed by atoms with Gasteiger partial charge in [0.05, 0.1) is 11.4 Å². The minimum atomic E-state index is -4.77. The molecule has 0 saturated carbocycles. The summed E-state index contributed by atoms with van der Waals surface area (Å²) >= 11 is 0. The molecule has 0 aliphatic carbocycles. The third-order valence-electron chi connectivity index (χ3n) is 3.16. The number of hydrogen-bond acceptors (Lipinski definition) is 4. The standard InChI is InChI=1S/C15H11F3N4O2/c16-15(17,18)24-13-7-5-12(6-8-13)22-14(23)21(9-20-22)11-3-1-10(19)2-4-11/h1-9H,19H2. The van der Waals surface area contributed by atoms with Crippen LogP contribution in [0.3, 0.4) is 0 Å². The Hall–Kier alpha value is -3.23. The fourth-order valence-corrected chi connectivity index (χ4v) is 2.08. The summed E-state index contributed by atoms with van der Waals surface area (Å²) in [5.74, 6) is -0.378. The predicted molar refractivity (Wildman–Crippen MR) is 80.3 cm³/mol. The van der Waals surface area contributed by atoms with Crippen molar-refractivity contribution < 1.29 is 17.9 Å². The lowest BCUT2D eigenvalue weighted by Gasteiger charge is -2.08. The quantitative estimate of drug-likeness (QED) is 0.746. The number of halogens is 3. The summed E-state index contributed by atoms with van der Waals surface area (Å²) in [6.45, 7) is 0. The molecule has 6 nitrogen and oxygen atoms in total. The van der Waals surface area contributed by atoms with Crippen molar-refractivity contribution >= 4 is 5.69 Å². The average molecular weight is 336 g/mol. The van der Waals surface area contributed by atoms with Crippen molar-refractivity contribution in [3.63, 3.8) is 0 Å². The first-order chi connectivity index (χ1) is 11.3. The molecule has 0 radical (unpaired) electrons. The number of hydrogen-bond donors (Lipinski definition) is 1. The lowest BCUT2D eigenvalue weighted by atomic mass is 10.3. The number of nitrogens with zero attached hydrogens (tertiary/aromatic N) is 3. The van der Waals surface area contributed by atoms with Gasteiger partial charge in [-0.05, 0) is 48.5 Å². The van der Waals surface area contributed by atoms with E-state index in [4.69, 9.17) is 5.73 Å². The monoisotopic (exact) mass is 336 g/mol. The number of nitrogens with two attached hydrogens (primary N) is 1. The van der Waals surface area contributed by atoms with Crippen molar-refractivity contribution in [2.45, 2.75) is 6.36 Å². The number of ether oxygens (including phenoxy) is 1. The van der Waals surface area contributed by atoms with E-state index < -0.39 is 12.1 Å². The molecule has 0 aliphatic heterocycles. The summed E-state index contributed by atoms with van der Waals surface area (Å²) in [4.78, 5) is 12.4. The van der Waals surface area contributed by atoms with E-state index in [1.54, 1.807) is 24.3 Å². The van der Waals surface area contributed by atoms with Gasteiger partial charge in [-0.1, -0.05) is 0 Å². The number of alkyl halides is 3.